The molecule has 2 rings (SSSR count). The summed E-state index contributed by atoms with van der Waals surface area (Å²) in [6, 6.07) is 13.9. The highest BCUT2D eigenvalue weighted by molar-refractivity contribution is 7.80. The van der Waals surface area contributed by atoms with E-state index in [9.17, 15) is 9.59 Å². The van der Waals surface area contributed by atoms with E-state index in [1.807, 2.05) is 20.8 Å². The molecule has 0 aromatic heterocycles. The van der Waals surface area contributed by atoms with E-state index in [4.69, 9.17) is 21.7 Å². The lowest BCUT2D eigenvalue weighted by Gasteiger charge is -2.18. The van der Waals surface area contributed by atoms with Gasteiger partial charge in [-0.2, -0.15) is 0 Å². The van der Waals surface area contributed by atoms with Crippen LogP contribution in [0.2, 0.25) is 0 Å². The topological polar surface area (TPSA) is 79.9 Å². The van der Waals surface area contributed by atoms with Crippen molar-refractivity contribution in [2.75, 3.05) is 38.2 Å². The molecular weight excluding hydrogens is 414 g/mol. The maximum Gasteiger partial charge on any atom is 0.261 e. The van der Waals surface area contributed by atoms with Crippen LogP contribution in [-0.2, 0) is 4.74 Å². The van der Waals surface area contributed by atoms with Gasteiger partial charge in [-0.3, -0.25) is 14.9 Å². The van der Waals surface area contributed by atoms with Crippen molar-refractivity contribution in [1.82, 2.24) is 10.2 Å². The smallest absolute Gasteiger partial charge is 0.261 e. The summed E-state index contributed by atoms with van der Waals surface area (Å²) in [6.45, 7) is 8.51. The van der Waals surface area contributed by atoms with Crippen molar-refractivity contribution < 1.29 is 19.1 Å². The van der Waals surface area contributed by atoms with Crippen LogP contribution in [0, 0.1) is 0 Å². The highest BCUT2D eigenvalue weighted by Gasteiger charge is 2.15. The average molecular weight is 444 g/mol. The first-order valence-corrected chi connectivity index (χ1v) is 10.7. The molecule has 0 atom stereocenters. The molecule has 0 radical (unpaired) electrons. The maximum absolute atomic E-state index is 12.6. The molecule has 2 aromatic rings. The van der Waals surface area contributed by atoms with Gasteiger partial charge in [-0.15, -0.1) is 0 Å². The zero-order valence-electron chi connectivity index (χ0n) is 18.1. The van der Waals surface area contributed by atoms with Gasteiger partial charge in [-0.25, -0.2) is 0 Å². The van der Waals surface area contributed by atoms with E-state index >= 15 is 0 Å². The standard InChI is InChI=1S/C23H29N3O4S/c1-4-26(5-2)22(28)17-11-13-18(14-12-17)24-23(31)25-21(27)19-9-7-8-10-20(19)30-16-15-29-6-3/h7-14H,4-6,15-16H2,1-3H3,(H2,24,25,27,31). The van der Waals surface area contributed by atoms with Crippen molar-refractivity contribution in [3.8, 4) is 5.75 Å². The Bertz CT molecular complexity index is 883. The second kappa shape index (κ2) is 12.7. The van der Waals surface area contributed by atoms with E-state index in [0.29, 0.717) is 55.5 Å². The molecule has 8 heteroatoms. The van der Waals surface area contributed by atoms with Crippen LogP contribution in [0.4, 0.5) is 5.69 Å². The van der Waals surface area contributed by atoms with E-state index in [2.05, 4.69) is 10.6 Å². The van der Waals surface area contributed by atoms with Gasteiger partial charge in [-0.05, 0) is 69.4 Å². The Kier molecular flexibility index (Phi) is 9.93. The molecule has 31 heavy (non-hydrogen) atoms. The monoisotopic (exact) mass is 443 g/mol. The van der Waals surface area contributed by atoms with Gasteiger partial charge < -0.3 is 19.7 Å². The summed E-state index contributed by atoms with van der Waals surface area (Å²) >= 11 is 5.26. The Hall–Kier alpha value is -2.97. The Balaban J connectivity index is 1.95. The minimum atomic E-state index is -0.377. The fourth-order valence-corrected chi connectivity index (χ4v) is 3.07. The quantitative estimate of drug-likeness (QED) is 0.430. The van der Waals surface area contributed by atoms with Crippen LogP contribution >= 0.6 is 12.2 Å². The summed E-state index contributed by atoms with van der Waals surface area (Å²) in [7, 11) is 0. The third-order valence-corrected chi connectivity index (χ3v) is 4.69. The van der Waals surface area contributed by atoms with Crippen molar-refractivity contribution >= 4 is 34.8 Å². The van der Waals surface area contributed by atoms with Gasteiger partial charge in [0.1, 0.15) is 12.4 Å². The molecule has 7 nitrogen and oxygen atoms in total. The molecule has 0 heterocycles. The summed E-state index contributed by atoms with van der Waals surface area (Å²) in [5.41, 5.74) is 1.65. The number of hydrogen-bond acceptors (Lipinski definition) is 5. The molecule has 0 fully saturated rings. The number of carbonyl (C=O) groups is 2. The fourth-order valence-electron chi connectivity index (χ4n) is 2.86. The largest absolute Gasteiger partial charge is 0.490 e. The zero-order chi connectivity index (χ0) is 22.6. The third-order valence-electron chi connectivity index (χ3n) is 4.49. The number of ether oxygens (including phenoxy) is 2. The molecule has 0 bridgehead atoms. The average Bonchev–Trinajstić information content (AvgIpc) is 2.78. The molecule has 2 amide bonds. The van der Waals surface area contributed by atoms with Crippen LogP contribution in [0.3, 0.4) is 0 Å². The number of benzene rings is 2. The molecular formula is C23H29N3O4S. The number of para-hydroxylation sites is 1. The second-order valence-corrected chi connectivity index (χ2v) is 6.91. The first-order valence-electron chi connectivity index (χ1n) is 10.3. The van der Waals surface area contributed by atoms with Gasteiger partial charge in [0, 0.05) is 30.9 Å². The van der Waals surface area contributed by atoms with Crippen molar-refractivity contribution in [1.29, 1.82) is 0 Å². The number of rotatable bonds is 10. The van der Waals surface area contributed by atoms with E-state index in [1.165, 1.54) is 0 Å². The minimum Gasteiger partial charge on any atom is -0.490 e. The van der Waals surface area contributed by atoms with E-state index in [-0.39, 0.29) is 16.9 Å². The van der Waals surface area contributed by atoms with Crippen molar-refractivity contribution in [3.63, 3.8) is 0 Å². The summed E-state index contributed by atoms with van der Waals surface area (Å²) in [5, 5.41) is 5.76. The number of nitrogens with one attached hydrogen (secondary N) is 2. The normalized spacial score (nSPS) is 10.3. The Morgan fingerprint density at radius 3 is 2.29 bits per heavy atom. The van der Waals surface area contributed by atoms with Crippen LogP contribution in [-0.4, -0.2) is 54.7 Å². The van der Waals surface area contributed by atoms with Crippen LogP contribution in [0.15, 0.2) is 48.5 Å². The lowest BCUT2D eigenvalue weighted by molar-refractivity contribution is 0.0772. The number of carbonyl (C=O) groups excluding carboxylic acids is 2. The van der Waals surface area contributed by atoms with E-state index in [1.54, 1.807) is 53.4 Å². The Labute approximate surface area is 188 Å². The Morgan fingerprint density at radius 2 is 1.65 bits per heavy atom. The second-order valence-electron chi connectivity index (χ2n) is 6.50. The highest BCUT2D eigenvalue weighted by Crippen LogP contribution is 2.18. The molecule has 0 saturated heterocycles. The molecule has 0 unspecified atom stereocenters. The number of hydrogen-bond donors (Lipinski definition) is 2. The van der Waals surface area contributed by atoms with Crippen molar-refractivity contribution in [3.05, 3.63) is 59.7 Å². The van der Waals surface area contributed by atoms with E-state index < -0.39 is 0 Å². The summed E-state index contributed by atoms with van der Waals surface area (Å²) in [5.74, 6) is 0.0629. The third kappa shape index (κ3) is 7.34. The first-order chi connectivity index (χ1) is 15.0. The van der Waals surface area contributed by atoms with Crippen molar-refractivity contribution in [2.45, 2.75) is 20.8 Å². The summed E-state index contributed by atoms with van der Waals surface area (Å²) < 4.78 is 10.9. The molecule has 166 valence electrons. The van der Waals surface area contributed by atoms with E-state index in [0.717, 1.165) is 0 Å². The molecule has 0 aliphatic carbocycles. The molecule has 0 aliphatic heterocycles. The SMILES string of the molecule is CCOCCOc1ccccc1C(=O)NC(=S)Nc1ccc(C(=O)N(CC)CC)cc1. The molecule has 0 saturated carbocycles. The molecule has 0 spiro atoms. The molecule has 2 aromatic carbocycles. The van der Waals surface area contributed by atoms with Crippen LogP contribution in [0.25, 0.3) is 0 Å². The van der Waals surface area contributed by atoms with Gasteiger partial charge in [0.05, 0.1) is 12.2 Å². The lowest BCUT2D eigenvalue weighted by atomic mass is 10.1. The zero-order valence-corrected chi connectivity index (χ0v) is 19.0. The number of anilines is 1. The first kappa shape index (κ1) is 24.3. The van der Waals surface area contributed by atoms with Crippen LogP contribution in [0.1, 0.15) is 41.5 Å². The van der Waals surface area contributed by atoms with Gasteiger partial charge in [0.25, 0.3) is 11.8 Å². The number of nitrogens with zero attached hydrogens (tertiary/aromatic N) is 1. The maximum atomic E-state index is 12.6. The van der Waals surface area contributed by atoms with Gasteiger partial charge in [0.2, 0.25) is 0 Å². The number of thiocarbonyl (C=S) groups is 1. The highest BCUT2D eigenvalue weighted by atomic mass is 32.1. The predicted octanol–water partition coefficient (Wildman–Crippen LogP) is 3.71. The fraction of sp³-hybridized carbons (Fsp3) is 0.348. The van der Waals surface area contributed by atoms with Crippen LogP contribution in [0.5, 0.6) is 5.75 Å². The summed E-state index contributed by atoms with van der Waals surface area (Å²) in [6.07, 6.45) is 0. The minimum absolute atomic E-state index is 0.0200. The molecule has 2 N–H and O–H groups in total. The number of amides is 2. The van der Waals surface area contributed by atoms with Crippen LogP contribution < -0.4 is 15.4 Å². The molecule has 0 aliphatic rings. The van der Waals surface area contributed by atoms with Crippen molar-refractivity contribution in [2.24, 2.45) is 0 Å². The van der Waals surface area contributed by atoms with Gasteiger partial charge >= 0.3 is 0 Å². The Morgan fingerprint density at radius 1 is 0.968 bits per heavy atom. The van der Waals surface area contributed by atoms with Gasteiger partial charge in [0.15, 0.2) is 5.11 Å². The predicted molar refractivity (Wildman–Crippen MR) is 126 cm³/mol. The summed E-state index contributed by atoms with van der Waals surface area (Å²) in [4.78, 5) is 26.8. The van der Waals surface area contributed by atoms with Gasteiger partial charge in [-0.1, -0.05) is 12.1 Å². The lowest BCUT2D eigenvalue weighted by Crippen LogP contribution is -2.34.